The quantitative estimate of drug-likeness (QED) is 0.734. The van der Waals surface area contributed by atoms with Gasteiger partial charge in [0.1, 0.15) is 5.60 Å². The fraction of sp³-hybridized carbons (Fsp3) is 0.933. The van der Waals surface area contributed by atoms with Crippen LogP contribution in [0.5, 0.6) is 0 Å². The summed E-state index contributed by atoms with van der Waals surface area (Å²) in [6.45, 7) is 8.65. The van der Waals surface area contributed by atoms with E-state index >= 15 is 0 Å². The van der Waals surface area contributed by atoms with Crippen molar-refractivity contribution >= 4 is 6.09 Å². The topological polar surface area (TPSA) is 41.6 Å². The summed E-state index contributed by atoms with van der Waals surface area (Å²) in [4.78, 5) is 14.5. The van der Waals surface area contributed by atoms with Crippen LogP contribution in [0.25, 0.3) is 0 Å². The van der Waals surface area contributed by atoms with Crippen molar-refractivity contribution in [2.45, 2.75) is 70.4 Å². The third-order valence-corrected chi connectivity index (χ3v) is 4.16. The molecule has 0 saturated carbocycles. The molecule has 2 rings (SSSR count). The standard InChI is InChI=1S/C15H28N2O2/c1-14(2,3)19-13(18)17-11-7-5-9-15(17)8-4-6-10-16-12-15/h16H,4-12H2,1-3H3/t15-/m1/s1. The van der Waals surface area contributed by atoms with Gasteiger partial charge in [0.2, 0.25) is 0 Å². The Morgan fingerprint density at radius 3 is 2.53 bits per heavy atom. The number of hydrogen-bond acceptors (Lipinski definition) is 3. The molecule has 0 bridgehead atoms. The first-order chi connectivity index (χ1) is 8.93. The van der Waals surface area contributed by atoms with E-state index in [-0.39, 0.29) is 11.6 Å². The highest BCUT2D eigenvalue weighted by molar-refractivity contribution is 5.69. The lowest BCUT2D eigenvalue weighted by Crippen LogP contribution is -2.59. The monoisotopic (exact) mass is 268 g/mol. The maximum atomic E-state index is 12.5. The Labute approximate surface area is 116 Å². The lowest BCUT2D eigenvalue weighted by molar-refractivity contribution is -0.0170. The van der Waals surface area contributed by atoms with E-state index < -0.39 is 5.60 Å². The van der Waals surface area contributed by atoms with Gasteiger partial charge in [-0.3, -0.25) is 0 Å². The average molecular weight is 268 g/mol. The molecule has 1 spiro atoms. The Morgan fingerprint density at radius 2 is 1.84 bits per heavy atom. The van der Waals surface area contributed by atoms with Crippen LogP contribution < -0.4 is 5.32 Å². The highest BCUT2D eigenvalue weighted by Gasteiger charge is 2.43. The number of rotatable bonds is 0. The zero-order valence-corrected chi connectivity index (χ0v) is 12.6. The molecule has 0 aromatic carbocycles. The largest absolute Gasteiger partial charge is 0.444 e. The molecular formula is C15H28N2O2. The number of likely N-dealkylation sites (tertiary alicyclic amines) is 1. The summed E-state index contributed by atoms with van der Waals surface area (Å²) in [6.07, 6.45) is 6.83. The predicted octanol–water partition coefficient (Wildman–Crippen LogP) is 2.92. The van der Waals surface area contributed by atoms with Crippen molar-refractivity contribution in [3.05, 3.63) is 0 Å². The van der Waals surface area contributed by atoms with Gasteiger partial charge in [-0.2, -0.15) is 0 Å². The number of carbonyl (C=O) groups is 1. The molecule has 4 nitrogen and oxygen atoms in total. The van der Waals surface area contributed by atoms with Gasteiger partial charge in [0.15, 0.2) is 0 Å². The summed E-state index contributed by atoms with van der Waals surface area (Å²) >= 11 is 0. The molecule has 2 saturated heterocycles. The fourth-order valence-corrected chi connectivity index (χ4v) is 3.26. The molecule has 2 heterocycles. The van der Waals surface area contributed by atoms with E-state index in [4.69, 9.17) is 4.74 Å². The van der Waals surface area contributed by atoms with E-state index in [1.807, 2.05) is 25.7 Å². The zero-order valence-electron chi connectivity index (χ0n) is 12.6. The van der Waals surface area contributed by atoms with E-state index in [1.165, 1.54) is 19.3 Å². The van der Waals surface area contributed by atoms with E-state index in [0.29, 0.717) is 0 Å². The van der Waals surface area contributed by atoms with Crippen LogP contribution in [0.3, 0.4) is 0 Å². The molecular weight excluding hydrogens is 240 g/mol. The van der Waals surface area contributed by atoms with Crippen LogP contribution in [-0.4, -0.2) is 41.8 Å². The van der Waals surface area contributed by atoms with Crippen molar-refractivity contribution in [1.82, 2.24) is 10.2 Å². The first kappa shape index (κ1) is 14.6. The summed E-state index contributed by atoms with van der Waals surface area (Å²) in [5.41, 5.74) is -0.412. The second-order valence-corrected chi connectivity index (χ2v) is 6.95. The summed E-state index contributed by atoms with van der Waals surface area (Å²) in [7, 11) is 0. The van der Waals surface area contributed by atoms with Crippen LogP contribution >= 0.6 is 0 Å². The van der Waals surface area contributed by atoms with Gasteiger partial charge in [0.05, 0.1) is 5.54 Å². The van der Waals surface area contributed by atoms with E-state index in [9.17, 15) is 4.79 Å². The molecule has 0 aromatic heterocycles. The molecule has 4 heteroatoms. The van der Waals surface area contributed by atoms with Gasteiger partial charge in [0, 0.05) is 13.1 Å². The molecule has 2 aliphatic heterocycles. The minimum absolute atomic E-state index is 0.00289. The SMILES string of the molecule is CC(C)(C)OC(=O)N1CCCC[C@@]12CCCCNC2. The van der Waals surface area contributed by atoms with Gasteiger partial charge in [-0.1, -0.05) is 0 Å². The van der Waals surface area contributed by atoms with Crippen LogP contribution in [0.2, 0.25) is 0 Å². The molecule has 19 heavy (non-hydrogen) atoms. The number of nitrogens with one attached hydrogen (secondary N) is 1. The summed E-state index contributed by atoms with van der Waals surface area (Å²) in [6, 6.07) is 0. The minimum Gasteiger partial charge on any atom is -0.444 e. The molecule has 1 amide bonds. The van der Waals surface area contributed by atoms with Crippen LogP contribution in [-0.2, 0) is 4.74 Å². The second-order valence-electron chi connectivity index (χ2n) is 6.95. The highest BCUT2D eigenvalue weighted by atomic mass is 16.6. The third kappa shape index (κ3) is 3.62. The maximum Gasteiger partial charge on any atom is 0.410 e. The van der Waals surface area contributed by atoms with Crippen molar-refractivity contribution in [3.63, 3.8) is 0 Å². The van der Waals surface area contributed by atoms with Gasteiger partial charge in [-0.15, -0.1) is 0 Å². The van der Waals surface area contributed by atoms with Crippen LogP contribution in [0, 0.1) is 0 Å². The number of nitrogens with zero attached hydrogens (tertiary/aromatic N) is 1. The number of piperidine rings is 1. The molecule has 1 N–H and O–H groups in total. The number of ether oxygens (including phenoxy) is 1. The molecule has 2 aliphatic rings. The van der Waals surface area contributed by atoms with Gasteiger partial charge < -0.3 is 15.0 Å². The Hall–Kier alpha value is -0.770. The van der Waals surface area contributed by atoms with Crippen molar-refractivity contribution < 1.29 is 9.53 Å². The summed E-state index contributed by atoms with van der Waals surface area (Å²) in [5, 5.41) is 3.51. The molecule has 110 valence electrons. The van der Waals surface area contributed by atoms with Gasteiger partial charge in [-0.25, -0.2) is 4.79 Å². The number of carbonyl (C=O) groups excluding carboxylic acids is 1. The van der Waals surface area contributed by atoms with Crippen molar-refractivity contribution in [2.24, 2.45) is 0 Å². The maximum absolute atomic E-state index is 12.5. The predicted molar refractivity (Wildman–Crippen MR) is 76.2 cm³/mol. The van der Waals surface area contributed by atoms with Crippen LogP contribution in [0.4, 0.5) is 4.79 Å². The Bertz CT molecular complexity index is 315. The fourth-order valence-electron chi connectivity index (χ4n) is 3.26. The third-order valence-electron chi connectivity index (χ3n) is 4.16. The van der Waals surface area contributed by atoms with E-state index in [0.717, 1.165) is 38.9 Å². The Kier molecular flexibility index (Phi) is 4.39. The molecule has 0 aliphatic carbocycles. The second kappa shape index (κ2) is 5.70. The van der Waals surface area contributed by atoms with Crippen molar-refractivity contribution in [1.29, 1.82) is 0 Å². The highest BCUT2D eigenvalue weighted by Crippen LogP contribution is 2.34. The summed E-state index contributed by atoms with van der Waals surface area (Å²) < 4.78 is 5.60. The Balaban J connectivity index is 2.12. The van der Waals surface area contributed by atoms with Crippen molar-refractivity contribution in [2.75, 3.05) is 19.6 Å². The van der Waals surface area contributed by atoms with Crippen LogP contribution in [0.1, 0.15) is 59.3 Å². The average Bonchev–Trinajstić information content (AvgIpc) is 2.54. The van der Waals surface area contributed by atoms with Crippen molar-refractivity contribution in [3.8, 4) is 0 Å². The smallest absolute Gasteiger partial charge is 0.410 e. The molecule has 0 radical (unpaired) electrons. The molecule has 0 unspecified atom stereocenters. The normalized spacial score (nSPS) is 29.1. The molecule has 0 aromatic rings. The van der Waals surface area contributed by atoms with E-state index in [1.54, 1.807) is 0 Å². The minimum atomic E-state index is -0.409. The first-order valence-corrected chi connectivity index (χ1v) is 7.64. The lowest BCUT2D eigenvalue weighted by Gasteiger charge is -2.47. The number of hydrogen-bond donors (Lipinski definition) is 1. The molecule has 1 atom stereocenters. The van der Waals surface area contributed by atoms with Gasteiger partial charge in [0.25, 0.3) is 0 Å². The number of amides is 1. The van der Waals surface area contributed by atoms with E-state index in [2.05, 4.69) is 5.32 Å². The Morgan fingerprint density at radius 1 is 1.16 bits per heavy atom. The first-order valence-electron chi connectivity index (χ1n) is 7.64. The zero-order chi connectivity index (χ0) is 13.9. The van der Waals surface area contributed by atoms with Crippen LogP contribution in [0.15, 0.2) is 0 Å². The van der Waals surface area contributed by atoms with Gasteiger partial charge in [-0.05, 0) is 65.8 Å². The van der Waals surface area contributed by atoms with Gasteiger partial charge >= 0.3 is 6.09 Å². The summed E-state index contributed by atoms with van der Waals surface area (Å²) in [5.74, 6) is 0. The lowest BCUT2D eigenvalue weighted by atomic mass is 9.83. The molecule has 2 fully saturated rings.